The maximum absolute atomic E-state index is 13.4. The van der Waals surface area contributed by atoms with Crippen molar-refractivity contribution >= 4 is 56.2 Å². The van der Waals surface area contributed by atoms with Crippen molar-refractivity contribution < 1.29 is 14.2 Å². The molecule has 4 aromatic rings. The smallest absolute Gasteiger partial charge is 0.414 e. The third kappa shape index (κ3) is 5.17. The number of halogens is 2. The Hall–Kier alpha value is -3.18. The van der Waals surface area contributed by atoms with Crippen molar-refractivity contribution in [1.82, 2.24) is 24.8 Å². The highest BCUT2D eigenvalue weighted by Gasteiger charge is 2.29. The highest BCUT2D eigenvalue weighted by atomic mass is 79.9. The van der Waals surface area contributed by atoms with Crippen LogP contribution in [-0.4, -0.2) is 48.4 Å². The number of nitrogen functional groups attached to an aromatic ring is 1. The lowest BCUT2D eigenvalue weighted by molar-refractivity contribution is 0.0580. The molecule has 3 aromatic heterocycles. The normalized spacial score (nSPS) is 11.7. The summed E-state index contributed by atoms with van der Waals surface area (Å²) in [5, 5.41) is 8.96. The summed E-state index contributed by atoms with van der Waals surface area (Å²) in [6.45, 7) is 8.37. The lowest BCUT2D eigenvalue weighted by atomic mass is 10.1. The number of ether oxygens (including phenoxy) is 1. The van der Waals surface area contributed by atoms with Crippen LogP contribution in [0.1, 0.15) is 34.1 Å². The minimum Gasteiger partial charge on any atom is -0.443 e. The first-order chi connectivity index (χ1) is 17.1. The third-order valence-corrected chi connectivity index (χ3v) is 6.11. The van der Waals surface area contributed by atoms with E-state index < -0.39 is 11.7 Å². The van der Waals surface area contributed by atoms with E-state index in [4.69, 9.17) is 36.7 Å². The molecule has 190 valence electrons. The van der Waals surface area contributed by atoms with E-state index in [-0.39, 0.29) is 5.82 Å². The Morgan fingerprint density at radius 1 is 1.28 bits per heavy atom. The van der Waals surface area contributed by atoms with Gasteiger partial charge in [-0.3, -0.25) is 9.88 Å². The van der Waals surface area contributed by atoms with Crippen molar-refractivity contribution in [3.63, 3.8) is 0 Å². The highest BCUT2D eigenvalue weighted by molar-refractivity contribution is 9.09. The number of pyridine rings is 1. The summed E-state index contributed by atoms with van der Waals surface area (Å²) in [7, 11) is 0. The van der Waals surface area contributed by atoms with Gasteiger partial charge in [0.25, 0.3) is 0 Å². The predicted molar refractivity (Wildman–Crippen MR) is 143 cm³/mol. The van der Waals surface area contributed by atoms with Gasteiger partial charge >= 0.3 is 6.09 Å². The Labute approximate surface area is 221 Å². The number of fused-ring (bicyclic) bond motifs is 1. The van der Waals surface area contributed by atoms with Crippen LogP contribution in [0, 0.1) is 0 Å². The molecule has 0 radical (unpaired) electrons. The van der Waals surface area contributed by atoms with Crippen molar-refractivity contribution in [1.29, 1.82) is 0 Å². The fourth-order valence-electron chi connectivity index (χ4n) is 3.85. The lowest BCUT2D eigenvalue weighted by Crippen LogP contribution is -2.38. The molecule has 1 aromatic carbocycles. The average Bonchev–Trinajstić information content (AvgIpc) is 3.41. The number of rotatable bonds is 7. The first-order valence-corrected chi connectivity index (χ1v) is 12.9. The van der Waals surface area contributed by atoms with E-state index in [0.717, 1.165) is 5.56 Å². The zero-order valence-corrected chi connectivity index (χ0v) is 22.8. The van der Waals surface area contributed by atoms with E-state index in [9.17, 15) is 4.79 Å². The van der Waals surface area contributed by atoms with Crippen molar-refractivity contribution in [3.05, 3.63) is 35.5 Å². The molecule has 36 heavy (non-hydrogen) atoms. The second-order valence-corrected chi connectivity index (χ2v) is 10.3. The van der Waals surface area contributed by atoms with E-state index in [1.165, 1.54) is 0 Å². The molecular weight excluding hydrogens is 550 g/mol. The van der Waals surface area contributed by atoms with Gasteiger partial charge in [0.05, 0.1) is 23.1 Å². The van der Waals surface area contributed by atoms with Gasteiger partial charge in [-0.25, -0.2) is 14.4 Å². The predicted octanol–water partition coefficient (Wildman–Crippen LogP) is 5.93. The molecule has 10 nitrogen and oxygen atoms in total. The molecule has 4 rings (SSSR count). The van der Waals surface area contributed by atoms with E-state index >= 15 is 0 Å². The number of amides is 1. The van der Waals surface area contributed by atoms with Crippen LogP contribution in [-0.2, 0) is 11.3 Å². The van der Waals surface area contributed by atoms with Crippen LogP contribution in [0.2, 0.25) is 5.02 Å². The molecule has 0 unspecified atom stereocenters. The maximum Gasteiger partial charge on any atom is 0.414 e. The number of carbonyl (C=O) groups excluding carboxylic acids is 1. The Morgan fingerprint density at radius 3 is 2.67 bits per heavy atom. The summed E-state index contributed by atoms with van der Waals surface area (Å²) in [5.74, 6) is 0.565. The Morgan fingerprint density at radius 2 is 2.06 bits per heavy atom. The number of anilines is 2. The molecule has 0 spiro atoms. The van der Waals surface area contributed by atoms with Crippen LogP contribution < -0.4 is 10.6 Å². The molecule has 2 N–H and O–H groups in total. The molecule has 0 aliphatic rings. The van der Waals surface area contributed by atoms with Gasteiger partial charge < -0.3 is 15.0 Å². The van der Waals surface area contributed by atoms with Gasteiger partial charge in [0.15, 0.2) is 17.3 Å². The van der Waals surface area contributed by atoms with E-state index in [1.807, 2.05) is 50.5 Å². The van der Waals surface area contributed by atoms with Crippen LogP contribution in [0.5, 0.6) is 0 Å². The number of nitrogens with zero attached hydrogens (tertiary/aromatic N) is 6. The Bertz CT molecular complexity index is 1400. The average molecular weight is 577 g/mol. The van der Waals surface area contributed by atoms with E-state index in [0.29, 0.717) is 63.8 Å². The van der Waals surface area contributed by atoms with Gasteiger partial charge in [-0.1, -0.05) is 39.7 Å². The largest absolute Gasteiger partial charge is 0.443 e. The molecular formula is C24H27BrClN7O3. The molecule has 0 aliphatic heterocycles. The fourth-order valence-corrected chi connectivity index (χ4v) is 4.30. The van der Waals surface area contributed by atoms with E-state index in [1.54, 1.807) is 17.2 Å². The zero-order chi connectivity index (χ0) is 26.0. The summed E-state index contributed by atoms with van der Waals surface area (Å²) >= 11 is 9.74. The molecule has 1 amide bonds. The monoisotopic (exact) mass is 575 g/mol. The molecule has 12 heteroatoms. The van der Waals surface area contributed by atoms with Crippen LogP contribution in [0.3, 0.4) is 0 Å². The summed E-state index contributed by atoms with van der Waals surface area (Å²) in [5.41, 5.74) is 8.83. The molecule has 0 saturated heterocycles. The van der Waals surface area contributed by atoms with Gasteiger partial charge in [0.2, 0.25) is 0 Å². The van der Waals surface area contributed by atoms with Gasteiger partial charge in [-0.15, -0.1) is 0 Å². The Balaban J connectivity index is 2.02. The van der Waals surface area contributed by atoms with Crippen molar-refractivity contribution in [2.45, 2.75) is 46.3 Å². The third-order valence-electron chi connectivity index (χ3n) is 5.31. The second kappa shape index (κ2) is 10.4. The van der Waals surface area contributed by atoms with Crippen LogP contribution in [0.15, 0.2) is 35.1 Å². The lowest BCUT2D eigenvalue weighted by Gasteiger charge is -2.28. The van der Waals surface area contributed by atoms with Gasteiger partial charge in [-0.2, -0.15) is 0 Å². The van der Waals surface area contributed by atoms with Crippen LogP contribution >= 0.6 is 27.5 Å². The zero-order valence-electron chi connectivity index (χ0n) is 20.5. The summed E-state index contributed by atoms with van der Waals surface area (Å²) < 4.78 is 12.5. The van der Waals surface area contributed by atoms with Gasteiger partial charge in [-0.05, 0) is 56.6 Å². The molecule has 3 heterocycles. The molecule has 0 bridgehead atoms. The summed E-state index contributed by atoms with van der Waals surface area (Å²) in [6.07, 6.45) is 1.89. The van der Waals surface area contributed by atoms with Crippen LogP contribution in [0.25, 0.3) is 33.8 Å². The highest BCUT2D eigenvalue weighted by Crippen LogP contribution is 2.38. The molecule has 0 fully saturated rings. The van der Waals surface area contributed by atoms with E-state index in [2.05, 4.69) is 26.2 Å². The quantitative estimate of drug-likeness (QED) is 0.268. The summed E-state index contributed by atoms with van der Waals surface area (Å²) in [6, 6.07) is 7.36. The fraction of sp³-hybridized carbons (Fsp3) is 0.375. The number of benzene rings is 1. The first-order valence-electron chi connectivity index (χ1n) is 11.4. The first kappa shape index (κ1) is 25.9. The molecule has 0 saturated carbocycles. The van der Waals surface area contributed by atoms with Crippen molar-refractivity contribution in [2.24, 2.45) is 0 Å². The number of aryl methyl sites for hydroxylation is 1. The number of hydrogen-bond acceptors (Lipinski definition) is 8. The standard InChI is InChI=1S/C24H27BrClN7O3/c1-5-32-20-16(33(11-7-10-25)23(34)35-24(2,3)4)13-28-17(14-8-6-9-15(26)12-14)18(20)29-22(32)19-21(27)31-36-30-19/h6,8-9,12-13H,5,7,10-11H2,1-4H3,(H2,27,31). The van der Waals surface area contributed by atoms with Crippen molar-refractivity contribution in [3.8, 4) is 22.8 Å². The summed E-state index contributed by atoms with van der Waals surface area (Å²) in [4.78, 5) is 24.6. The van der Waals surface area contributed by atoms with Crippen LogP contribution in [0.4, 0.5) is 16.3 Å². The molecule has 0 aliphatic carbocycles. The van der Waals surface area contributed by atoms with Crippen molar-refractivity contribution in [2.75, 3.05) is 22.5 Å². The number of carbonyl (C=O) groups is 1. The topological polar surface area (TPSA) is 125 Å². The number of imidazole rings is 1. The SMILES string of the molecule is CCn1c(-c2nonc2N)nc2c(-c3cccc(Cl)c3)ncc(N(CCCBr)C(=O)OC(C)(C)C)c21. The maximum atomic E-state index is 13.4. The number of aromatic nitrogens is 5. The second-order valence-electron chi connectivity index (χ2n) is 9.05. The van der Waals surface area contributed by atoms with Gasteiger partial charge in [0.1, 0.15) is 11.1 Å². The Kier molecular flexibility index (Phi) is 7.51. The minimum absolute atomic E-state index is 0.113. The molecule has 0 atom stereocenters. The number of alkyl halides is 1. The van der Waals surface area contributed by atoms with Gasteiger partial charge in [0, 0.05) is 29.0 Å². The minimum atomic E-state index is -0.673. The number of nitrogens with two attached hydrogens (primary N) is 1. The number of hydrogen-bond donors (Lipinski definition) is 1.